The van der Waals surface area contributed by atoms with E-state index in [-0.39, 0.29) is 57.9 Å². The second-order valence-corrected chi connectivity index (χ2v) is 18.4. The molecule has 16 atom stereocenters. The molecule has 2 aliphatic heterocycles. The molecule has 0 bridgehead atoms. The zero-order valence-electron chi connectivity index (χ0n) is 29.5. The number of aliphatic hydroxyl groups excluding tert-OH is 3. The fourth-order valence-electron chi connectivity index (χ4n) is 13.4. The lowest BCUT2D eigenvalue weighted by Crippen LogP contribution is -2.60. The Morgan fingerprint density at radius 2 is 1.64 bits per heavy atom. The van der Waals surface area contributed by atoms with Gasteiger partial charge in [-0.3, -0.25) is 9.59 Å². The fourth-order valence-corrected chi connectivity index (χ4v) is 13.4. The number of carbonyl (C=O) groups excluding carboxylic acids is 2. The number of fused-ring (bicyclic) bond motifs is 4. The summed E-state index contributed by atoms with van der Waals surface area (Å²) in [4.78, 5) is 27.0. The van der Waals surface area contributed by atoms with Crippen molar-refractivity contribution in [2.24, 2.45) is 50.7 Å². The van der Waals surface area contributed by atoms with E-state index in [1.54, 1.807) is 13.8 Å². The van der Waals surface area contributed by atoms with Gasteiger partial charge < -0.3 is 39.4 Å². The van der Waals surface area contributed by atoms with Crippen LogP contribution >= 0.6 is 0 Å². The molecule has 10 nitrogen and oxygen atoms in total. The lowest BCUT2D eigenvalue weighted by molar-refractivity contribution is -0.302. The van der Waals surface area contributed by atoms with Crippen LogP contribution < -0.4 is 0 Å². The molecule has 0 radical (unpaired) electrons. The lowest BCUT2D eigenvalue weighted by Gasteiger charge is -2.62. The molecule has 3 unspecified atom stereocenters. The number of hydrogen-bond acceptors (Lipinski definition) is 10. The summed E-state index contributed by atoms with van der Waals surface area (Å²) in [5, 5.41) is 41.8. The van der Waals surface area contributed by atoms with E-state index in [9.17, 15) is 30.0 Å². The number of carbonyl (C=O) groups is 2. The normalized spacial score (nSPS) is 53.9. The van der Waals surface area contributed by atoms with E-state index in [4.69, 9.17) is 18.9 Å². The summed E-state index contributed by atoms with van der Waals surface area (Å²) in [6.45, 7) is 15.9. The summed E-state index contributed by atoms with van der Waals surface area (Å²) in [6.07, 6.45) is 0.691. The maximum atomic E-state index is 15.0. The quantitative estimate of drug-likeness (QED) is 0.254. The van der Waals surface area contributed by atoms with Crippen LogP contribution in [-0.2, 0) is 28.5 Å². The molecular weight excluding hydrogens is 604 g/mol. The molecule has 0 aromatic carbocycles. The van der Waals surface area contributed by atoms with Gasteiger partial charge in [0.05, 0.1) is 24.4 Å². The summed E-state index contributed by atoms with van der Waals surface area (Å²) < 4.78 is 24.4. The second-order valence-electron chi connectivity index (χ2n) is 18.4. The van der Waals surface area contributed by atoms with Gasteiger partial charge in [0.2, 0.25) is 0 Å². The highest BCUT2D eigenvalue weighted by molar-refractivity contribution is 5.93. The molecule has 0 amide bonds. The van der Waals surface area contributed by atoms with Crippen LogP contribution in [0.4, 0.5) is 0 Å². The Morgan fingerprint density at radius 1 is 0.979 bits per heavy atom. The van der Waals surface area contributed by atoms with Crippen LogP contribution in [0.2, 0.25) is 0 Å². The highest BCUT2D eigenvalue weighted by Crippen LogP contribution is 2.89. The summed E-state index contributed by atoms with van der Waals surface area (Å²) in [5.74, 6) is 0.603. The predicted molar refractivity (Wildman–Crippen MR) is 170 cm³/mol. The molecule has 5 saturated carbocycles. The third-order valence-electron chi connectivity index (χ3n) is 15.6. The standard InChI is InChI=1S/C37H58O10/c1-18-15-21(30(33(5,6)43)45-19(2)38)46-28-25(18)34(7)13-14-37-17-36(37)12-11-24(47-31-27(41)26(40)20(39)16-44-31)32(3,4)22(36)9-10-23(37)35(34,8)29(28)42/h18,20-28,30-31,39-41,43H,9-17H2,1-8H3/t18-,20?,21-,22+,23+,24?,25+,26+,27-,28+,30+,31+,34-,35-,36?,37+/m1/s1. The first-order valence-corrected chi connectivity index (χ1v) is 18.2. The minimum Gasteiger partial charge on any atom is -0.457 e. The van der Waals surface area contributed by atoms with E-state index in [0.717, 1.165) is 44.9 Å². The fraction of sp³-hybridized carbons (Fsp3) is 0.946. The monoisotopic (exact) mass is 662 g/mol. The van der Waals surface area contributed by atoms with Crippen molar-refractivity contribution >= 4 is 11.8 Å². The van der Waals surface area contributed by atoms with E-state index in [0.29, 0.717) is 12.3 Å². The number of ketones is 1. The summed E-state index contributed by atoms with van der Waals surface area (Å²) in [7, 11) is 0. The Bertz CT molecular complexity index is 1290. The molecule has 7 aliphatic rings. The highest BCUT2D eigenvalue weighted by atomic mass is 16.7. The highest BCUT2D eigenvalue weighted by Gasteiger charge is 2.85. The molecule has 4 N–H and O–H groups in total. The Hall–Kier alpha value is -1.14. The number of aliphatic hydroxyl groups is 4. The zero-order chi connectivity index (χ0) is 34.3. The number of rotatable bonds is 5. The smallest absolute Gasteiger partial charge is 0.303 e. The molecule has 0 aromatic rings. The molecule has 2 saturated heterocycles. The zero-order valence-corrected chi connectivity index (χ0v) is 29.5. The van der Waals surface area contributed by atoms with Gasteiger partial charge >= 0.3 is 5.97 Å². The van der Waals surface area contributed by atoms with Crippen LogP contribution in [0.15, 0.2) is 0 Å². The van der Waals surface area contributed by atoms with E-state index in [1.165, 1.54) is 6.92 Å². The van der Waals surface area contributed by atoms with E-state index >= 15 is 0 Å². The Labute approximate surface area is 279 Å². The average molecular weight is 663 g/mol. The number of Topliss-reactive ketones (excluding diaryl/α,β-unsaturated/α-hetero) is 1. The minimum atomic E-state index is -1.31. The van der Waals surface area contributed by atoms with Crippen molar-refractivity contribution < 1.29 is 49.0 Å². The van der Waals surface area contributed by atoms with Crippen LogP contribution in [0.1, 0.15) is 107 Å². The number of hydrogen-bond donors (Lipinski definition) is 4. The van der Waals surface area contributed by atoms with E-state index < -0.39 is 59.9 Å². The molecule has 5 aliphatic carbocycles. The van der Waals surface area contributed by atoms with Crippen molar-refractivity contribution in [1.29, 1.82) is 0 Å². The topological polar surface area (TPSA) is 152 Å². The molecule has 0 aromatic heterocycles. The van der Waals surface area contributed by atoms with Crippen molar-refractivity contribution in [2.75, 3.05) is 6.61 Å². The van der Waals surface area contributed by atoms with Crippen LogP contribution in [0.3, 0.4) is 0 Å². The first-order chi connectivity index (χ1) is 21.8. The number of ether oxygens (including phenoxy) is 4. The van der Waals surface area contributed by atoms with Gasteiger partial charge in [-0.15, -0.1) is 0 Å². The Morgan fingerprint density at radius 3 is 2.30 bits per heavy atom. The summed E-state index contributed by atoms with van der Waals surface area (Å²) >= 11 is 0. The molecule has 2 spiro atoms. The second kappa shape index (κ2) is 10.7. The minimum absolute atomic E-state index is 0.0668. The van der Waals surface area contributed by atoms with Crippen molar-refractivity contribution in [2.45, 2.75) is 161 Å². The molecule has 10 heteroatoms. The van der Waals surface area contributed by atoms with Gasteiger partial charge in [0.15, 0.2) is 18.2 Å². The molecule has 47 heavy (non-hydrogen) atoms. The van der Waals surface area contributed by atoms with Crippen molar-refractivity contribution in [3.63, 3.8) is 0 Å². The van der Waals surface area contributed by atoms with Crippen molar-refractivity contribution in [1.82, 2.24) is 0 Å². The molecule has 2 heterocycles. The first-order valence-electron chi connectivity index (χ1n) is 18.2. The van der Waals surface area contributed by atoms with Gasteiger partial charge in [-0.25, -0.2) is 0 Å². The third-order valence-corrected chi connectivity index (χ3v) is 15.6. The maximum Gasteiger partial charge on any atom is 0.303 e. The lowest BCUT2D eigenvalue weighted by atomic mass is 9.41. The molecular formula is C37H58O10. The summed E-state index contributed by atoms with van der Waals surface area (Å²) in [6, 6.07) is 0. The van der Waals surface area contributed by atoms with Gasteiger partial charge in [0.25, 0.3) is 0 Å². The van der Waals surface area contributed by atoms with Crippen LogP contribution in [-0.4, -0.2) is 93.4 Å². The van der Waals surface area contributed by atoms with Crippen LogP contribution in [0.5, 0.6) is 0 Å². The maximum absolute atomic E-state index is 15.0. The number of esters is 1. The van der Waals surface area contributed by atoms with Crippen molar-refractivity contribution in [3.8, 4) is 0 Å². The van der Waals surface area contributed by atoms with E-state index in [1.807, 2.05) is 0 Å². The largest absolute Gasteiger partial charge is 0.457 e. The SMILES string of the molecule is CC(=O)O[C@@H]([C@H]1C[C@@H](C)[C@H]2[C@H](O1)C(=O)[C@@]1(C)[C@@H]3CC[C@H]4C(C)(C)C(O[C@@H]5OCC(O)[C@H](O)[C@H]5O)CCC45C[C@@]35CC[C@]21C)C(C)(C)O. The van der Waals surface area contributed by atoms with Gasteiger partial charge in [0, 0.05) is 18.3 Å². The first kappa shape index (κ1) is 34.3. The van der Waals surface area contributed by atoms with E-state index in [2.05, 4.69) is 34.6 Å². The van der Waals surface area contributed by atoms with Gasteiger partial charge in [0.1, 0.15) is 24.4 Å². The molecule has 266 valence electrons. The van der Waals surface area contributed by atoms with Crippen molar-refractivity contribution in [3.05, 3.63) is 0 Å². The van der Waals surface area contributed by atoms with Gasteiger partial charge in [-0.05, 0) is 105 Å². The predicted octanol–water partition coefficient (Wildman–Crippen LogP) is 3.53. The summed E-state index contributed by atoms with van der Waals surface area (Å²) in [5.41, 5.74) is -2.06. The Kier molecular flexibility index (Phi) is 7.80. The third kappa shape index (κ3) is 4.46. The average Bonchev–Trinajstić information content (AvgIpc) is 3.61. The van der Waals surface area contributed by atoms with Gasteiger partial charge in [-0.2, -0.15) is 0 Å². The van der Waals surface area contributed by atoms with Gasteiger partial charge in [-0.1, -0.05) is 34.6 Å². The van der Waals surface area contributed by atoms with Crippen LogP contribution in [0, 0.1) is 50.7 Å². The van der Waals surface area contributed by atoms with Crippen LogP contribution in [0.25, 0.3) is 0 Å². The molecule has 7 rings (SSSR count). The molecule has 7 fully saturated rings. The Balaban J connectivity index is 1.15.